The third-order valence-corrected chi connectivity index (χ3v) is 5.25. The normalized spacial score (nSPS) is 12.0. The fourth-order valence-corrected chi connectivity index (χ4v) is 3.87. The maximum Gasteiger partial charge on any atom is 0.238 e. The van der Waals surface area contributed by atoms with E-state index in [1.54, 1.807) is 14.0 Å². The number of hydrogen-bond acceptors (Lipinski definition) is 8. The number of amides is 1. The average molecular weight is 408 g/mol. The van der Waals surface area contributed by atoms with Gasteiger partial charge in [0.1, 0.15) is 0 Å². The zero-order valence-corrected chi connectivity index (χ0v) is 16.0. The number of nitrogens with one attached hydrogen (secondary N) is 2. The number of nitrogens with zero attached hydrogens (tertiary/aromatic N) is 3. The molecule has 11 heteroatoms. The van der Waals surface area contributed by atoms with Gasteiger partial charge in [-0.2, -0.15) is 0 Å². The fourth-order valence-electron chi connectivity index (χ4n) is 1.52. The van der Waals surface area contributed by atoms with Crippen LogP contribution >= 0.6 is 46.3 Å². The topological polar surface area (TPSA) is 89.0 Å². The van der Waals surface area contributed by atoms with Gasteiger partial charge >= 0.3 is 0 Å². The van der Waals surface area contributed by atoms with Gasteiger partial charge in [-0.05, 0) is 13.0 Å². The molecule has 0 fully saturated rings. The Balaban J connectivity index is 1.89. The second-order valence-electron chi connectivity index (χ2n) is 4.53. The number of hydrogen-bond donors (Lipinski definition) is 2. The molecule has 0 aromatic carbocycles. The molecule has 2 N–H and O–H groups in total. The number of carbonyl (C=O) groups excluding carboxylic acids is 1. The van der Waals surface area contributed by atoms with Crippen LogP contribution in [0, 0.1) is 0 Å². The molecule has 130 valence electrons. The highest BCUT2D eigenvalue weighted by Crippen LogP contribution is 2.30. The highest BCUT2D eigenvalue weighted by molar-refractivity contribution is 8.02. The third kappa shape index (κ3) is 5.75. The standard InChI is InChI=1S/C13H15Cl2N5O2S2/c1-7(11(21)18-10-9(15)5-8(14)6-17-10)23-13-20-19-12(24-13)16-3-4-22-2/h5-7H,3-4H2,1-2H3,(H,16,19)(H,17,18,21)/t7-/m1/s1. The fraction of sp³-hybridized carbons (Fsp3) is 0.385. The minimum Gasteiger partial charge on any atom is -0.383 e. The van der Waals surface area contributed by atoms with E-state index in [4.69, 9.17) is 27.9 Å². The van der Waals surface area contributed by atoms with Crippen molar-refractivity contribution in [3.05, 3.63) is 22.3 Å². The molecule has 24 heavy (non-hydrogen) atoms. The first-order chi connectivity index (χ1) is 11.5. The van der Waals surface area contributed by atoms with Crippen molar-refractivity contribution >= 4 is 63.2 Å². The number of anilines is 2. The van der Waals surface area contributed by atoms with E-state index in [0.717, 1.165) is 0 Å². The summed E-state index contributed by atoms with van der Waals surface area (Å²) in [5.41, 5.74) is 0. The number of aromatic nitrogens is 3. The maximum atomic E-state index is 12.2. The van der Waals surface area contributed by atoms with Gasteiger partial charge in [-0.15, -0.1) is 10.2 Å². The zero-order valence-electron chi connectivity index (χ0n) is 12.9. The number of methoxy groups -OCH3 is 1. The number of ether oxygens (including phenoxy) is 1. The Morgan fingerprint density at radius 3 is 2.96 bits per heavy atom. The van der Waals surface area contributed by atoms with Gasteiger partial charge in [0.25, 0.3) is 0 Å². The molecule has 0 unspecified atom stereocenters. The predicted molar refractivity (Wildman–Crippen MR) is 98.5 cm³/mol. The number of carbonyl (C=O) groups is 1. The van der Waals surface area contributed by atoms with E-state index in [9.17, 15) is 4.79 Å². The highest BCUT2D eigenvalue weighted by atomic mass is 35.5. The molecular formula is C13H15Cl2N5O2S2. The van der Waals surface area contributed by atoms with Gasteiger partial charge in [-0.1, -0.05) is 46.3 Å². The van der Waals surface area contributed by atoms with Gasteiger partial charge < -0.3 is 15.4 Å². The van der Waals surface area contributed by atoms with Crippen LogP contribution in [0.2, 0.25) is 10.0 Å². The first kappa shape index (κ1) is 19.2. The van der Waals surface area contributed by atoms with Crippen molar-refractivity contribution in [3.8, 4) is 0 Å². The van der Waals surface area contributed by atoms with Gasteiger partial charge in [0.2, 0.25) is 11.0 Å². The van der Waals surface area contributed by atoms with Crippen molar-refractivity contribution in [2.75, 3.05) is 30.9 Å². The van der Waals surface area contributed by atoms with E-state index in [2.05, 4.69) is 25.8 Å². The number of halogens is 2. The Hall–Kier alpha value is -1.13. The SMILES string of the molecule is COCCNc1nnc(S[C@H](C)C(=O)Nc2ncc(Cl)cc2Cl)s1. The highest BCUT2D eigenvalue weighted by Gasteiger charge is 2.18. The Kier molecular flexibility index (Phi) is 7.50. The monoisotopic (exact) mass is 407 g/mol. The van der Waals surface area contributed by atoms with Crippen LogP contribution in [0.15, 0.2) is 16.6 Å². The van der Waals surface area contributed by atoms with E-state index in [1.165, 1.54) is 35.4 Å². The van der Waals surface area contributed by atoms with Gasteiger partial charge in [0.15, 0.2) is 10.2 Å². The molecule has 0 bridgehead atoms. The Labute approximate surface area is 157 Å². The molecule has 7 nitrogen and oxygen atoms in total. The molecule has 0 spiro atoms. The summed E-state index contributed by atoms with van der Waals surface area (Å²) in [5, 5.41) is 14.8. The quantitative estimate of drug-likeness (QED) is 0.511. The summed E-state index contributed by atoms with van der Waals surface area (Å²) in [6.45, 7) is 2.99. The van der Waals surface area contributed by atoms with Crippen molar-refractivity contribution in [2.45, 2.75) is 16.5 Å². The van der Waals surface area contributed by atoms with Crippen LogP contribution in [-0.2, 0) is 9.53 Å². The first-order valence-corrected chi connectivity index (χ1v) is 9.29. The van der Waals surface area contributed by atoms with Crippen molar-refractivity contribution in [1.82, 2.24) is 15.2 Å². The van der Waals surface area contributed by atoms with Crippen molar-refractivity contribution < 1.29 is 9.53 Å². The maximum absolute atomic E-state index is 12.2. The number of thioether (sulfide) groups is 1. The zero-order chi connectivity index (χ0) is 17.5. The molecule has 1 atom stereocenters. The molecule has 0 saturated carbocycles. The first-order valence-electron chi connectivity index (χ1n) is 6.84. The Bertz CT molecular complexity index is 701. The van der Waals surface area contributed by atoms with Crippen molar-refractivity contribution in [2.24, 2.45) is 0 Å². The minimum absolute atomic E-state index is 0.235. The van der Waals surface area contributed by atoms with Crippen LogP contribution in [-0.4, -0.2) is 46.6 Å². The van der Waals surface area contributed by atoms with Crippen LogP contribution in [0.3, 0.4) is 0 Å². The molecule has 0 radical (unpaired) electrons. The molecule has 0 aliphatic heterocycles. The van der Waals surface area contributed by atoms with Crippen LogP contribution in [0.5, 0.6) is 0 Å². The van der Waals surface area contributed by atoms with Gasteiger partial charge in [0, 0.05) is 19.9 Å². The van der Waals surface area contributed by atoms with Crippen molar-refractivity contribution in [3.63, 3.8) is 0 Å². The lowest BCUT2D eigenvalue weighted by Crippen LogP contribution is -2.23. The third-order valence-electron chi connectivity index (χ3n) is 2.69. The summed E-state index contributed by atoms with van der Waals surface area (Å²) in [5.74, 6) is 0.0403. The molecular weight excluding hydrogens is 393 g/mol. The van der Waals surface area contributed by atoms with Crippen molar-refractivity contribution in [1.29, 1.82) is 0 Å². The lowest BCUT2D eigenvalue weighted by Gasteiger charge is -2.10. The lowest BCUT2D eigenvalue weighted by molar-refractivity contribution is -0.115. The summed E-state index contributed by atoms with van der Waals surface area (Å²) in [6, 6.07) is 1.52. The molecule has 2 aromatic rings. The Morgan fingerprint density at radius 1 is 1.46 bits per heavy atom. The van der Waals surface area contributed by atoms with E-state index in [1.807, 2.05) is 0 Å². The summed E-state index contributed by atoms with van der Waals surface area (Å²) in [7, 11) is 1.63. The van der Waals surface area contributed by atoms with E-state index < -0.39 is 5.25 Å². The van der Waals surface area contributed by atoms with E-state index in [-0.39, 0.29) is 16.7 Å². The van der Waals surface area contributed by atoms with E-state index >= 15 is 0 Å². The summed E-state index contributed by atoms with van der Waals surface area (Å²) in [4.78, 5) is 16.2. The van der Waals surface area contributed by atoms with Crippen LogP contribution in [0.4, 0.5) is 10.9 Å². The van der Waals surface area contributed by atoms with Gasteiger partial charge in [0.05, 0.1) is 21.9 Å². The van der Waals surface area contributed by atoms with Gasteiger partial charge in [-0.25, -0.2) is 4.98 Å². The summed E-state index contributed by atoms with van der Waals surface area (Å²) >= 11 is 14.5. The molecule has 1 amide bonds. The molecule has 2 heterocycles. The second-order valence-corrected chi connectivity index (χ2v) is 7.94. The lowest BCUT2D eigenvalue weighted by atomic mass is 10.4. The predicted octanol–water partition coefficient (Wildman–Crippen LogP) is 3.42. The van der Waals surface area contributed by atoms with Crippen LogP contribution in [0.25, 0.3) is 0 Å². The molecule has 0 aliphatic carbocycles. The number of pyridine rings is 1. The average Bonchev–Trinajstić information content (AvgIpc) is 2.97. The van der Waals surface area contributed by atoms with Crippen LogP contribution in [0.1, 0.15) is 6.92 Å². The summed E-state index contributed by atoms with van der Waals surface area (Å²) in [6.07, 6.45) is 1.42. The Morgan fingerprint density at radius 2 is 2.25 bits per heavy atom. The molecule has 2 aromatic heterocycles. The molecule has 0 aliphatic rings. The van der Waals surface area contributed by atoms with Gasteiger partial charge in [-0.3, -0.25) is 4.79 Å². The number of rotatable bonds is 8. The molecule has 2 rings (SSSR count). The van der Waals surface area contributed by atoms with E-state index in [0.29, 0.717) is 27.6 Å². The molecule has 0 saturated heterocycles. The minimum atomic E-state index is -0.390. The largest absolute Gasteiger partial charge is 0.383 e. The second kappa shape index (κ2) is 9.38. The smallest absolute Gasteiger partial charge is 0.238 e. The van der Waals surface area contributed by atoms with Crippen LogP contribution < -0.4 is 10.6 Å². The summed E-state index contributed by atoms with van der Waals surface area (Å²) < 4.78 is 5.64.